The number of hydrogen-bond donors (Lipinski definition) is 1. The topological polar surface area (TPSA) is 68.3 Å². The molecule has 3 aromatic rings. The third-order valence-electron chi connectivity index (χ3n) is 5.42. The van der Waals surface area contributed by atoms with Crippen molar-refractivity contribution in [2.45, 2.75) is 25.4 Å². The molecule has 1 saturated heterocycles. The molecule has 0 radical (unpaired) electrons. The van der Waals surface area contributed by atoms with E-state index in [0.29, 0.717) is 18.7 Å². The summed E-state index contributed by atoms with van der Waals surface area (Å²) in [5.74, 6) is 0.189. The van der Waals surface area contributed by atoms with Crippen LogP contribution >= 0.6 is 0 Å². The molecule has 5 heteroatoms. The highest BCUT2D eigenvalue weighted by Crippen LogP contribution is 2.27. The van der Waals surface area contributed by atoms with E-state index in [2.05, 4.69) is 12.1 Å². The number of aromatic nitrogens is 1. The summed E-state index contributed by atoms with van der Waals surface area (Å²) < 4.78 is 1.87. The molecule has 2 heterocycles. The maximum absolute atomic E-state index is 12.9. The summed E-state index contributed by atoms with van der Waals surface area (Å²) in [4.78, 5) is 26.7. The molecule has 1 fully saturated rings. The number of carbonyl (C=O) groups excluding carboxylic acids is 2. The van der Waals surface area contributed by atoms with Crippen LogP contribution in [0.3, 0.4) is 0 Å². The van der Waals surface area contributed by atoms with Crippen molar-refractivity contribution in [2.75, 3.05) is 13.1 Å². The molecule has 2 N–H and O–H groups in total. The predicted molar refractivity (Wildman–Crippen MR) is 106 cm³/mol. The molecule has 2 aromatic carbocycles. The molecule has 138 valence electrons. The van der Waals surface area contributed by atoms with Crippen LogP contribution in [0, 0.1) is 0 Å². The van der Waals surface area contributed by atoms with Crippen LogP contribution < -0.4 is 5.73 Å². The van der Waals surface area contributed by atoms with Crippen molar-refractivity contribution in [3.05, 3.63) is 71.9 Å². The molecule has 1 aliphatic rings. The van der Waals surface area contributed by atoms with Crippen LogP contribution in [0.25, 0.3) is 10.9 Å². The Hall–Kier alpha value is -2.92. The van der Waals surface area contributed by atoms with Gasteiger partial charge in [0, 0.05) is 47.7 Å². The van der Waals surface area contributed by atoms with E-state index < -0.39 is 0 Å². The number of nitrogens with zero attached hydrogens (tertiary/aromatic N) is 2. The second-order valence-electron chi connectivity index (χ2n) is 7.22. The Balaban J connectivity index is 1.55. The molecule has 0 aliphatic carbocycles. The third kappa shape index (κ3) is 3.26. The van der Waals surface area contributed by atoms with Gasteiger partial charge in [0.05, 0.1) is 0 Å². The zero-order valence-corrected chi connectivity index (χ0v) is 15.3. The Morgan fingerprint density at radius 2 is 1.74 bits per heavy atom. The Labute approximate surface area is 158 Å². The van der Waals surface area contributed by atoms with Crippen molar-refractivity contribution >= 4 is 22.6 Å². The number of nitrogens with two attached hydrogens (primary N) is 1. The summed E-state index contributed by atoms with van der Waals surface area (Å²) in [6, 6.07) is 17.7. The lowest BCUT2D eigenvalue weighted by Crippen LogP contribution is -2.34. The molecule has 1 aliphatic heterocycles. The van der Waals surface area contributed by atoms with Crippen molar-refractivity contribution in [3.63, 3.8) is 0 Å². The maximum atomic E-state index is 12.9. The molecule has 1 amide bonds. The summed E-state index contributed by atoms with van der Waals surface area (Å²) >= 11 is 0. The molecule has 1 aromatic heterocycles. The van der Waals surface area contributed by atoms with Gasteiger partial charge in [-0.1, -0.05) is 48.5 Å². The fourth-order valence-corrected chi connectivity index (χ4v) is 3.99. The number of likely N-dealkylation sites (tertiary alicyclic amines) is 1. The lowest BCUT2D eigenvalue weighted by molar-refractivity contribution is -0.130. The fourth-order valence-electron chi connectivity index (χ4n) is 3.99. The number of para-hydroxylation sites is 1. The Bertz CT molecular complexity index is 993. The number of Topliss-reactive ketones (excluding diaryl/α,β-unsaturated/α-hetero) is 1. The van der Waals surface area contributed by atoms with Gasteiger partial charge in [-0.25, -0.2) is 0 Å². The average Bonchev–Trinajstić information content (AvgIpc) is 3.24. The van der Waals surface area contributed by atoms with E-state index in [1.165, 1.54) is 5.56 Å². The van der Waals surface area contributed by atoms with Gasteiger partial charge in [0.25, 0.3) is 0 Å². The zero-order chi connectivity index (χ0) is 19.0. The molecule has 0 unspecified atom stereocenters. The highest BCUT2D eigenvalue weighted by Gasteiger charge is 2.33. The first-order valence-corrected chi connectivity index (χ1v) is 9.21. The predicted octanol–water partition coefficient (Wildman–Crippen LogP) is 2.80. The minimum absolute atomic E-state index is 0.00438. The number of amides is 1. The summed E-state index contributed by atoms with van der Waals surface area (Å²) in [5.41, 5.74) is 9.05. The molecule has 0 spiro atoms. The Morgan fingerprint density at radius 1 is 1.04 bits per heavy atom. The van der Waals surface area contributed by atoms with Crippen LogP contribution in [0.2, 0.25) is 0 Å². The van der Waals surface area contributed by atoms with Crippen LogP contribution in [0.5, 0.6) is 0 Å². The molecule has 0 bridgehead atoms. The Kier molecular flexibility index (Phi) is 4.54. The molecule has 5 nitrogen and oxygen atoms in total. The first kappa shape index (κ1) is 17.5. The van der Waals surface area contributed by atoms with Gasteiger partial charge in [-0.05, 0) is 18.6 Å². The molecule has 4 rings (SSSR count). The number of carbonyl (C=O) groups is 2. The summed E-state index contributed by atoms with van der Waals surface area (Å²) in [7, 11) is 0. The summed E-state index contributed by atoms with van der Waals surface area (Å²) in [6.07, 6.45) is 1.79. The highest BCUT2D eigenvalue weighted by molar-refractivity contribution is 6.07. The molecular formula is C22H23N3O2. The minimum atomic E-state index is -0.0643. The first-order valence-electron chi connectivity index (χ1n) is 9.21. The second-order valence-corrected chi connectivity index (χ2v) is 7.22. The van der Waals surface area contributed by atoms with E-state index in [1.54, 1.807) is 13.1 Å². The lowest BCUT2D eigenvalue weighted by atomic mass is 9.95. The van der Waals surface area contributed by atoms with E-state index >= 15 is 0 Å². The number of rotatable bonds is 4. The van der Waals surface area contributed by atoms with Gasteiger partial charge >= 0.3 is 0 Å². The van der Waals surface area contributed by atoms with Gasteiger partial charge in [-0.2, -0.15) is 0 Å². The van der Waals surface area contributed by atoms with Gasteiger partial charge in [0.15, 0.2) is 5.78 Å². The van der Waals surface area contributed by atoms with Crippen molar-refractivity contribution in [3.8, 4) is 0 Å². The number of hydrogen-bond acceptors (Lipinski definition) is 3. The van der Waals surface area contributed by atoms with Crippen molar-refractivity contribution in [1.29, 1.82) is 0 Å². The minimum Gasteiger partial charge on any atom is -0.339 e. The first-order chi connectivity index (χ1) is 13.0. The van der Waals surface area contributed by atoms with Gasteiger partial charge in [-0.15, -0.1) is 0 Å². The molecule has 2 atom stereocenters. The molecule has 0 saturated carbocycles. The van der Waals surface area contributed by atoms with Crippen LogP contribution in [0.15, 0.2) is 60.8 Å². The number of ketones is 1. The van der Waals surface area contributed by atoms with Crippen LogP contribution in [0.1, 0.15) is 28.8 Å². The second kappa shape index (κ2) is 7.00. The molecular weight excluding hydrogens is 338 g/mol. The van der Waals surface area contributed by atoms with Crippen molar-refractivity contribution < 1.29 is 9.59 Å². The highest BCUT2D eigenvalue weighted by atomic mass is 16.2. The van der Waals surface area contributed by atoms with Crippen molar-refractivity contribution in [1.82, 2.24) is 9.47 Å². The van der Waals surface area contributed by atoms with Crippen LogP contribution in [-0.4, -0.2) is 40.3 Å². The van der Waals surface area contributed by atoms with E-state index in [0.717, 1.165) is 10.9 Å². The normalized spacial score (nSPS) is 19.6. The summed E-state index contributed by atoms with van der Waals surface area (Å²) in [6.45, 7) is 2.94. The van der Waals surface area contributed by atoms with E-state index in [9.17, 15) is 9.59 Å². The van der Waals surface area contributed by atoms with Gasteiger partial charge in [0.2, 0.25) is 5.91 Å². The monoisotopic (exact) mass is 361 g/mol. The smallest absolute Gasteiger partial charge is 0.242 e. The standard InChI is InChI=1S/C22H23N3O2/c1-15(26)18-11-24(21-10-6-5-9-17(18)21)14-22(27)25-12-19(20(23)13-25)16-7-3-2-4-8-16/h2-11,19-20H,12-14,23H2,1H3/t19-,20+/m1/s1. The van der Waals surface area contributed by atoms with Crippen LogP contribution in [0.4, 0.5) is 0 Å². The maximum Gasteiger partial charge on any atom is 0.242 e. The number of fused-ring (bicyclic) bond motifs is 1. The Morgan fingerprint density at radius 3 is 2.48 bits per heavy atom. The van der Waals surface area contributed by atoms with E-state index in [4.69, 9.17) is 5.73 Å². The quantitative estimate of drug-likeness (QED) is 0.727. The van der Waals surface area contributed by atoms with Gasteiger partial charge in [-0.3, -0.25) is 9.59 Å². The van der Waals surface area contributed by atoms with E-state index in [-0.39, 0.29) is 30.2 Å². The summed E-state index contributed by atoms with van der Waals surface area (Å²) in [5, 5.41) is 0.887. The SMILES string of the molecule is CC(=O)c1cn(CC(=O)N2C[C@H](c3ccccc3)[C@@H](N)C2)c2ccccc12. The van der Waals surface area contributed by atoms with Crippen LogP contribution in [-0.2, 0) is 11.3 Å². The van der Waals surface area contributed by atoms with E-state index in [1.807, 2.05) is 51.9 Å². The zero-order valence-electron chi connectivity index (χ0n) is 15.3. The fraction of sp³-hybridized carbons (Fsp3) is 0.273. The molecule has 27 heavy (non-hydrogen) atoms. The largest absolute Gasteiger partial charge is 0.339 e. The lowest BCUT2D eigenvalue weighted by Gasteiger charge is -2.17. The van der Waals surface area contributed by atoms with Gasteiger partial charge < -0.3 is 15.2 Å². The average molecular weight is 361 g/mol. The number of benzene rings is 2. The van der Waals surface area contributed by atoms with Gasteiger partial charge in [0.1, 0.15) is 6.54 Å². The third-order valence-corrected chi connectivity index (χ3v) is 5.42. The van der Waals surface area contributed by atoms with Crippen molar-refractivity contribution in [2.24, 2.45) is 5.73 Å².